The van der Waals surface area contributed by atoms with E-state index in [1.165, 1.54) is 0 Å². The van der Waals surface area contributed by atoms with E-state index in [1.807, 2.05) is 48.5 Å². The highest BCUT2D eigenvalue weighted by Gasteiger charge is 2.07. The molecule has 2 aromatic rings. The molecule has 0 spiro atoms. The molecule has 0 aromatic heterocycles. The number of hydrogen-bond donors (Lipinski definition) is 1. The number of nitrogens with zero attached hydrogens (tertiary/aromatic N) is 1. The molecule has 20 heavy (non-hydrogen) atoms. The fourth-order valence-corrected chi connectivity index (χ4v) is 2.05. The molecule has 0 amide bonds. The number of hydrogen-bond acceptors (Lipinski definition) is 4. The van der Waals surface area contributed by atoms with Gasteiger partial charge in [-0.1, -0.05) is 0 Å². The van der Waals surface area contributed by atoms with Crippen molar-refractivity contribution in [3.63, 3.8) is 0 Å². The summed E-state index contributed by atoms with van der Waals surface area (Å²) in [6.45, 7) is 1.76. The number of amidine groups is 1. The molecular weight excluding hydrogens is 252 g/mol. The van der Waals surface area contributed by atoms with Gasteiger partial charge >= 0.3 is 0 Å². The maximum atomic E-state index is 5.78. The van der Waals surface area contributed by atoms with Crippen molar-refractivity contribution in [3.05, 3.63) is 54.1 Å². The van der Waals surface area contributed by atoms with Crippen molar-refractivity contribution in [2.75, 3.05) is 20.2 Å². The molecule has 4 heteroatoms. The van der Waals surface area contributed by atoms with Gasteiger partial charge in [0.15, 0.2) is 0 Å². The van der Waals surface area contributed by atoms with Gasteiger partial charge in [0.05, 0.1) is 13.7 Å². The van der Waals surface area contributed by atoms with E-state index >= 15 is 0 Å². The molecule has 0 saturated carbocycles. The second-order valence-corrected chi connectivity index (χ2v) is 4.46. The van der Waals surface area contributed by atoms with E-state index in [0.717, 1.165) is 41.7 Å². The van der Waals surface area contributed by atoms with Crippen LogP contribution in [0.15, 0.2) is 53.5 Å². The third-order valence-electron chi connectivity index (χ3n) is 3.10. The van der Waals surface area contributed by atoms with E-state index in [0.29, 0.717) is 0 Å². The van der Waals surface area contributed by atoms with Gasteiger partial charge in [-0.2, -0.15) is 0 Å². The molecule has 1 aliphatic rings. The van der Waals surface area contributed by atoms with Crippen molar-refractivity contribution < 1.29 is 9.47 Å². The molecule has 4 nitrogen and oxygen atoms in total. The molecule has 0 radical (unpaired) electrons. The minimum atomic E-state index is 0.787. The van der Waals surface area contributed by atoms with Crippen LogP contribution in [0.2, 0.25) is 0 Å². The molecule has 0 fully saturated rings. The number of rotatable bonds is 4. The van der Waals surface area contributed by atoms with Crippen LogP contribution in [-0.2, 0) is 0 Å². The summed E-state index contributed by atoms with van der Waals surface area (Å²) in [6.07, 6.45) is 0. The second kappa shape index (κ2) is 5.65. The minimum absolute atomic E-state index is 0.787. The van der Waals surface area contributed by atoms with Crippen molar-refractivity contribution in [3.8, 4) is 17.2 Å². The zero-order valence-corrected chi connectivity index (χ0v) is 11.3. The smallest absolute Gasteiger partial charge is 0.128 e. The van der Waals surface area contributed by atoms with Crippen molar-refractivity contribution in [1.29, 1.82) is 0 Å². The molecule has 1 heterocycles. The molecule has 0 bridgehead atoms. The SMILES string of the molecule is COc1ccc(Oc2ccc(C3=NCCN3)cc2)cc1. The standard InChI is InChI=1S/C16H16N2O2/c1-19-13-6-8-15(9-7-13)20-14-4-2-12(3-5-14)16-17-10-11-18-16/h2-9H,10-11H2,1H3,(H,17,18). The normalized spacial score (nSPS) is 13.6. The van der Waals surface area contributed by atoms with E-state index in [4.69, 9.17) is 9.47 Å². The van der Waals surface area contributed by atoms with E-state index in [2.05, 4.69) is 10.3 Å². The zero-order chi connectivity index (χ0) is 13.8. The number of aliphatic imine (C=N–C) groups is 1. The maximum Gasteiger partial charge on any atom is 0.128 e. The van der Waals surface area contributed by atoms with Gasteiger partial charge in [-0.05, 0) is 48.5 Å². The highest BCUT2D eigenvalue weighted by atomic mass is 16.5. The Morgan fingerprint density at radius 3 is 2.05 bits per heavy atom. The quantitative estimate of drug-likeness (QED) is 0.927. The topological polar surface area (TPSA) is 42.9 Å². The molecule has 1 aliphatic heterocycles. The van der Waals surface area contributed by atoms with Crippen LogP contribution in [0.3, 0.4) is 0 Å². The largest absolute Gasteiger partial charge is 0.497 e. The lowest BCUT2D eigenvalue weighted by atomic mass is 10.2. The Labute approximate surface area is 118 Å². The average Bonchev–Trinajstić information content (AvgIpc) is 3.03. The molecule has 0 aliphatic carbocycles. The molecule has 0 atom stereocenters. The highest BCUT2D eigenvalue weighted by Crippen LogP contribution is 2.24. The third-order valence-corrected chi connectivity index (χ3v) is 3.10. The zero-order valence-electron chi connectivity index (χ0n) is 11.3. The van der Waals surface area contributed by atoms with Gasteiger partial charge in [-0.25, -0.2) is 0 Å². The molecule has 102 valence electrons. The van der Waals surface area contributed by atoms with Crippen LogP contribution in [0.4, 0.5) is 0 Å². The van der Waals surface area contributed by atoms with Crippen LogP contribution in [0.5, 0.6) is 17.2 Å². The second-order valence-electron chi connectivity index (χ2n) is 4.46. The van der Waals surface area contributed by atoms with Gasteiger partial charge in [0.1, 0.15) is 23.1 Å². The molecule has 1 N–H and O–H groups in total. The molecular formula is C16H16N2O2. The van der Waals surface area contributed by atoms with Crippen LogP contribution in [0.25, 0.3) is 0 Å². The Bertz CT molecular complexity index is 603. The third kappa shape index (κ3) is 2.74. The van der Waals surface area contributed by atoms with Crippen LogP contribution in [-0.4, -0.2) is 26.0 Å². The summed E-state index contributed by atoms with van der Waals surface area (Å²) in [5, 5.41) is 3.25. The van der Waals surface area contributed by atoms with Crippen molar-refractivity contribution in [2.45, 2.75) is 0 Å². The summed E-state index contributed by atoms with van der Waals surface area (Å²) < 4.78 is 10.9. The highest BCUT2D eigenvalue weighted by molar-refractivity contribution is 5.99. The van der Waals surface area contributed by atoms with E-state index < -0.39 is 0 Å². The first kappa shape index (κ1) is 12.5. The lowest BCUT2D eigenvalue weighted by Gasteiger charge is -2.08. The van der Waals surface area contributed by atoms with Gasteiger partial charge in [-0.15, -0.1) is 0 Å². The van der Waals surface area contributed by atoms with Crippen LogP contribution >= 0.6 is 0 Å². The molecule has 0 unspecified atom stereocenters. The van der Waals surface area contributed by atoms with Gasteiger partial charge in [0.2, 0.25) is 0 Å². The Hall–Kier alpha value is -2.49. The van der Waals surface area contributed by atoms with Gasteiger partial charge in [0.25, 0.3) is 0 Å². The Morgan fingerprint density at radius 1 is 0.900 bits per heavy atom. The summed E-state index contributed by atoms with van der Waals surface area (Å²) in [5.74, 6) is 3.37. The Morgan fingerprint density at radius 2 is 1.50 bits per heavy atom. The summed E-state index contributed by atoms with van der Waals surface area (Å²) in [7, 11) is 1.65. The summed E-state index contributed by atoms with van der Waals surface area (Å²) in [4.78, 5) is 4.39. The fourth-order valence-electron chi connectivity index (χ4n) is 2.05. The molecule has 3 rings (SSSR count). The molecule has 0 saturated heterocycles. The minimum Gasteiger partial charge on any atom is -0.497 e. The van der Waals surface area contributed by atoms with E-state index in [9.17, 15) is 0 Å². The van der Waals surface area contributed by atoms with Crippen LogP contribution < -0.4 is 14.8 Å². The summed E-state index contributed by atoms with van der Waals surface area (Å²) in [5.41, 5.74) is 1.09. The number of ether oxygens (including phenoxy) is 2. The van der Waals surface area contributed by atoms with Crippen LogP contribution in [0.1, 0.15) is 5.56 Å². The lowest BCUT2D eigenvalue weighted by Crippen LogP contribution is -2.19. The number of methoxy groups -OCH3 is 1. The lowest BCUT2D eigenvalue weighted by molar-refractivity contribution is 0.413. The van der Waals surface area contributed by atoms with Crippen molar-refractivity contribution in [2.24, 2.45) is 4.99 Å². The monoisotopic (exact) mass is 268 g/mol. The van der Waals surface area contributed by atoms with Crippen molar-refractivity contribution >= 4 is 5.84 Å². The summed E-state index contributed by atoms with van der Waals surface area (Å²) in [6, 6.07) is 15.4. The predicted octanol–water partition coefficient (Wildman–Crippen LogP) is 2.84. The average molecular weight is 268 g/mol. The van der Waals surface area contributed by atoms with Gasteiger partial charge < -0.3 is 14.8 Å². The number of nitrogens with one attached hydrogen (secondary N) is 1. The van der Waals surface area contributed by atoms with Crippen molar-refractivity contribution in [1.82, 2.24) is 5.32 Å². The van der Waals surface area contributed by atoms with Gasteiger partial charge in [-0.3, -0.25) is 4.99 Å². The van der Waals surface area contributed by atoms with Gasteiger partial charge in [0, 0.05) is 12.1 Å². The Kier molecular flexibility index (Phi) is 3.54. The summed E-state index contributed by atoms with van der Waals surface area (Å²) >= 11 is 0. The first-order chi connectivity index (χ1) is 9.85. The fraction of sp³-hybridized carbons (Fsp3) is 0.188. The van der Waals surface area contributed by atoms with Crippen LogP contribution in [0, 0.1) is 0 Å². The number of benzene rings is 2. The van der Waals surface area contributed by atoms with E-state index in [1.54, 1.807) is 7.11 Å². The first-order valence-corrected chi connectivity index (χ1v) is 6.56. The first-order valence-electron chi connectivity index (χ1n) is 6.56. The van der Waals surface area contributed by atoms with E-state index in [-0.39, 0.29) is 0 Å². The Balaban J connectivity index is 1.70. The molecule has 2 aromatic carbocycles. The maximum absolute atomic E-state index is 5.78. The predicted molar refractivity (Wildman–Crippen MR) is 78.9 cm³/mol.